The zero-order chi connectivity index (χ0) is 19.1. The number of halogens is 1. The summed E-state index contributed by atoms with van der Waals surface area (Å²) in [6.45, 7) is 4.27. The minimum Gasteiger partial charge on any atom is -0.493 e. The van der Waals surface area contributed by atoms with Gasteiger partial charge in [-0.3, -0.25) is 0 Å². The van der Waals surface area contributed by atoms with E-state index in [0.717, 1.165) is 23.3 Å². The predicted octanol–water partition coefficient (Wildman–Crippen LogP) is 5.67. The molecule has 3 aromatic carbocycles. The fourth-order valence-corrected chi connectivity index (χ4v) is 2.47. The van der Waals surface area contributed by atoms with Crippen LogP contribution >= 0.6 is 0 Å². The molecule has 0 aliphatic heterocycles. The molecule has 0 saturated carbocycles. The standard InChI is InChI=1S/C23H19FO3/c1-2-3-16-26-21-12-8-18(9-13-21)17-4-6-19(7-5-17)23(25)27-22-14-10-20(24)11-15-22/h2,4-15H,1,3,16H2. The van der Waals surface area contributed by atoms with Crippen LogP contribution in [-0.4, -0.2) is 12.6 Å². The van der Waals surface area contributed by atoms with Crippen LogP contribution in [0.3, 0.4) is 0 Å². The highest BCUT2D eigenvalue weighted by atomic mass is 19.1. The average molecular weight is 362 g/mol. The summed E-state index contributed by atoms with van der Waals surface area (Å²) in [6.07, 6.45) is 2.62. The molecular formula is C23H19FO3. The van der Waals surface area contributed by atoms with Gasteiger partial charge in [0.15, 0.2) is 0 Å². The third-order valence-electron chi connectivity index (χ3n) is 3.92. The number of carbonyl (C=O) groups excluding carboxylic acids is 1. The molecule has 3 rings (SSSR count). The fraction of sp³-hybridized carbons (Fsp3) is 0.0870. The summed E-state index contributed by atoms with van der Waals surface area (Å²) in [7, 11) is 0. The molecule has 0 fully saturated rings. The lowest BCUT2D eigenvalue weighted by atomic mass is 10.0. The van der Waals surface area contributed by atoms with Crippen LogP contribution < -0.4 is 9.47 Å². The molecule has 0 radical (unpaired) electrons. The lowest BCUT2D eigenvalue weighted by Crippen LogP contribution is -2.08. The minimum atomic E-state index is -0.487. The highest BCUT2D eigenvalue weighted by Gasteiger charge is 2.09. The number of hydrogen-bond acceptors (Lipinski definition) is 3. The first kappa shape index (κ1) is 18.4. The van der Waals surface area contributed by atoms with Crippen LogP contribution in [0.1, 0.15) is 16.8 Å². The third kappa shape index (κ3) is 5.05. The van der Waals surface area contributed by atoms with E-state index in [-0.39, 0.29) is 5.82 Å². The Balaban J connectivity index is 1.64. The monoisotopic (exact) mass is 362 g/mol. The van der Waals surface area contributed by atoms with Gasteiger partial charge in [0.25, 0.3) is 0 Å². The Hall–Kier alpha value is -3.40. The molecule has 0 spiro atoms. The van der Waals surface area contributed by atoms with Crippen molar-refractivity contribution in [2.24, 2.45) is 0 Å². The number of benzene rings is 3. The molecule has 0 aliphatic rings. The van der Waals surface area contributed by atoms with E-state index in [4.69, 9.17) is 9.47 Å². The Labute approximate surface area is 157 Å². The minimum absolute atomic E-state index is 0.303. The van der Waals surface area contributed by atoms with Crippen LogP contribution in [-0.2, 0) is 0 Å². The Morgan fingerprint density at radius 2 is 1.41 bits per heavy atom. The Morgan fingerprint density at radius 3 is 2.00 bits per heavy atom. The molecule has 136 valence electrons. The van der Waals surface area contributed by atoms with Gasteiger partial charge in [0.2, 0.25) is 0 Å². The van der Waals surface area contributed by atoms with Crippen LogP contribution in [0.15, 0.2) is 85.5 Å². The molecule has 0 unspecified atom stereocenters. The summed E-state index contributed by atoms with van der Waals surface area (Å²) in [6, 6.07) is 20.2. The summed E-state index contributed by atoms with van der Waals surface area (Å²) in [5.41, 5.74) is 2.42. The zero-order valence-corrected chi connectivity index (χ0v) is 14.7. The molecular weight excluding hydrogens is 343 g/mol. The quantitative estimate of drug-likeness (QED) is 0.235. The van der Waals surface area contributed by atoms with Gasteiger partial charge in [0.1, 0.15) is 17.3 Å². The van der Waals surface area contributed by atoms with E-state index in [2.05, 4.69) is 6.58 Å². The Bertz CT molecular complexity index is 898. The van der Waals surface area contributed by atoms with Crippen molar-refractivity contribution in [1.82, 2.24) is 0 Å². The van der Waals surface area contributed by atoms with Crippen LogP contribution in [0.5, 0.6) is 11.5 Å². The van der Waals surface area contributed by atoms with Gasteiger partial charge < -0.3 is 9.47 Å². The predicted molar refractivity (Wildman–Crippen MR) is 104 cm³/mol. The number of esters is 1. The van der Waals surface area contributed by atoms with Gasteiger partial charge in [-0.2, -0.15) is 0 Å². The van der Waals surface area contributed by atoms with Gasteiger partial charge in [0, 0.05) is 0 Å². The first-order valence-corrected chi connectivity index (χ1v) is 8.57. The van der Waals surface area contributed by atoms with Crippen molar-refractivity contribution >= 4 is 5.97 Å². The molecule has 0 N–H and O–H groups in total. The number of rotatable bonds is 7. The lowest BCUT2D eigenvalue weighted by Gasteiger charge is -2.08. The van der Waals surface area contributed by atoms with Crippen LogP contribution in [0, 0.1) is 5.82 Å². The molecule has 0 saturated heterocycles. The third-order valence-corrected chi connectivity index (χ3v) is 3.92. The van der Waals surface area contributed by atoms with Crippen molar-refractivity contribution in [3.05, 3.63) is 96.8 Å². The van der Waals surface area contributed by atoms with Gasteiger partial charge >= 0.3 is 5.97 Å². The second kappa shape index (κ2) is 8.81. The normalized spacial score (nSPS) is 10.3. The first-order valence-electron chi connectivity index (χ1n) is 8.57. The molecule has 0 heterocycles. The molecule has 27 heavy (non-hydrogen) atoms. The van der Waals surface area contributed by atoms with E-state index in [9.17, 15) is 9.18 Å². The number of carbonyl (C=O) groups is 1. The molecule has 0 aliphatic carbocycles. The SMILES string of the molecule is C=CCCOc1ccc(-c2ccc(C(=O)Oc3ccc(F)cc3)cc2)cc1. The van der Waals surface area contributed by atoms with Crippen molar-refractivity contribution in [3.8, 4) is 22.6 Å². The maximum absolute atomic E-state index is 12.9. The molecule has 0 aromatic heterocycles. The van der Waals surface area contributed by atoms with E-state index in [1.54, 1.807) is 12.1 Å². The fourth-order valence-electron chi connectivity index (χ4n) is 2.47. The topological polar surface area (TPSA) is 35.5 Å². The van der Waals surface area contributed by atoms with Gasteiger partial charge in [-0.05, 0) is 66.1 Å². The smallest absolute Gasteiger partial charge is 0.343 e. The lowest BCUT2D eigenvalue weighted by molar-refractivity contribution is 0.0734. The van der Waals surface area contributed by atoms with E-state index >= 15 is 0 Å². The van der Waals surface area contributed by atoms with Crippen molar-refractivity contribution in [2.75, 3.05) is 6.61 Å². The van der Waals surface area contributed by atoms with Crippen LogP contribution in [0.4, 0.5) is 4.39 Å². The van der Waals surface area contributed by atoms with E-state index in [1.165, 1.54) is 24.3 Å². The van der Waals surface area contributed by atoms with Crippen molar-refractivity contribution in [2.45, 2.75) is 6.42 Å². The van der Waals surface area contributed by atoms with E-state index in [0.29, 0.717) is 17.9 Å². The van der Waals surface area contributed by atoms with Gasteiger partial charge in [-0.15, -0.1) is 6.58 Å². The molecule has 0 bridgehead atoms. The Morgan fingerprint density at radius 1 is 0.852 bits per heavy atom. The molecule has 3 nitrogen and oxygen atoms in total. The molecule has 0 atom stereocenters. The van der Waals surface area contributed by atoms with Crippen LogP contribution in [0.25, 0.3) is 11.1 Å². The number of ether oxygens (including phenoxy) is 2. The Kier molecular flexibility index (Phi) is 6.00. The maximum atomic E-state index is 12.9. The van der Waals surface area contributed by atoms with Crippen LogP contribution in [0.2, 0.25) is 0 Å². The van der Waals surface area contributed by atoms with Crippen molar-refractivity contribution in [3.63, 3.8) is 0 Å². The second-order valence-electron chi connectivity index (χ2n) is 5.87. The summed E-state index contributed by atoms with van der Waals surface area (Å²) < 4.78 is 23.7. The molecule has 0 amide bonds. The maximum Gasteiger partial charge on any atom is 0.343 e. The van der Waals surface area contributed by atoms with Crippen molar-refractivity contribution in [1.29, 1.82) is 0 Å². The largest absolute Gasteiger partial charge is 0.493 e. The van der Waals surface area contributed by atoms with E-state index < -0.39 is 5.97 Å². The van der Waals surface area contributed by atoms with Crippen molar-refractivity contribution < 1.29 is 18.7 Å². The molecule has 4 heteroatoms. The summed E-state index contributed by atoms with van der Waals surface area (Å²) >= 11 is 0. The summed E-state index contributed by atoms with van der Waals surface area (Å²) in [4.78, 5) is 12.2. The molecule has 3 aromatic rings. The number of hydrogen-bond donors (Lipinski definition) is 0. The van der Waals surface area contributed by atoms with Gasteiger partial charge in [-0.25, -0.2) is 9.18 Å². The highest BCUT2D eigenvalue weighted by molar-refractivity contribution is 5.91. The highest BCUT2D eigenvalue weighted by Crippen LogP contribution is 2.23. The zero-order valence-electron chi connectivity index (χ0n) is 14.7. The summed E-state index contributed by atoms with van der Waals surface area (Å²) in [5, 5.41) is 0. The first-order chi connectivity index (χ1) is 13.2. The van der Waals surface area contributed by atoms with E-state index in [1.807, 2.05) is 42.5 Å². The average Bonchev–Trinajstić information content (AvgIpc) is 2.70. The van der Waals surface area contributed by atoms with Gasteiger partial charge in [0.05, 0.1) is 12.2 Å². The summed E-state index contributed by atoms with van der Waals surface area (Å²) in [5.74, 6) is 0.244. The van der Waals surface area contributed by atoms with Gasteiger partial charge in [-0.1, -0.05) is 30.3 Å². The second-order valence-corrected chi connectivity index (χ2v) is 5.87.